The summed E-state index contributed by atoms with van der Waals surface area (Å²) >= 11 is 16.1. The van der Waals surface area contributed by atoms with Crippen molar-refractivity contribution in [3.05, 3.63) is 0 Å². The van der Waals surface area contributed by atoms with E-state index in [9.17, 15) is 4.57 Å². The Balaban J connectivity index is 3.99. The van der Waals surface area contributed by atoms with Gasteiger partial charge in [-0.2, -0.15) is 0 Å². The molecule has 0 rings (SSSR count). The van der Waals surface area contributed by atoms with Crippen LogP contribution in [0.3, 0.4) is 0 Å². The molecule has 74 valence electrons. The van der Waals surface area contributed by atoms with E-state index in [1.54, 1.807) is 0 Å². The highest BCUT2D eigenvalue weighted by atomic mass is 35.6. The van der Waals surface area contributed by atoms with Crippen LogP contribution in [0.2, 0.25) is 0 Å². The summed E-state index contributed by atoms with van der Waals surface area (Å²) in [6, 6.07) is 0. The Kier molecular flexibility index (Phi) is 5.42. The summed E-state index contributed by atoms with van der Waals surface area (Å²) in [4.78, 5) is 0. The van der Waals surface area contributed by atoms with Crippen molar-refractivity contribution in [1.82, 2.24) is 10.2 Å². The van der Waals surface area contributed by atoms with E-state index >= 15 is 0 Å². The smallest absolute Gasteiger partial charge is 0.302 e. The van der Waals surface area contributed by atoms with Gasteiger partial charge >= 0.3 is 7.67 Å². The van der Waals surface area contributed by atoms with E-state index in [0.717, 1.165) is 0 Å². The molecular formula is C4H10Cl3N2O2P. The average Bonchev–Trinajstić information content (AvgIpc) is 1.99. The Labute approximate surface area is 86.4 Å². The second-order valence-electron chi connectivity index (χ2n) is 1.89. The predicted molar refractivity (Wildman–Crippen MR) is 52.0 cm³/mol. The number of hydrogen-bond acceptors (Lipinski definition) is 2. The summed E-state index contributed by atoms with van der Waals surface area (Å²) in [5.41, 5.74) is 0. The molecule has 2 N–H and O–H groups in total. The fourth-order valence-electron chi connectivity index (χ4n) is 0.405. The molecule has 0 aliphatic heterocycles. The highest BCUT2D eigenvalue weighted by Gasteiger charge is 2.26. The van der Waals surface area contributed by atoms with Crippen LogP contribution in [0.25, 0.3) is 0 Å². The normalized spacial score (nSPS) is 13.4. The number of halogens is 3. The first-order chi connectivity index (χ1) is 5.33. The van der Waals surface area contributed by atoms with E-state index in [1.807, 2.05) is 0 Å². The van der Waals surface area contributed by atoms with E-state index in [0.29, 0.717) is 0 Å². The van der Waals surface area contributed by atoms with E-state index in [-0.39, 0.29) is 6.61 Å². The molecule has 0 aliphatic rings. The van der Waals surface area contributed by atoms with E-state index in [1.165, 1.54) is 14.1 Å². The van der Waals surface area contributed by atoms with Gasteiger partial charge in [-0.15, -0.1) is 0 Å². The molecule has 0 bridgehead atoms. The molecule has 0 aromatic rings. The molecule has 8 heteroatoms. The van der Waals surface area contributed by atoms with Crippen molar-refractivity contribution in [3.8, 4) is 0 Å². The average molecular weight is 255 g/mol. The van der Waals surface area contributed by atoms with Gasteiger partial charge in [-0.1, -0.05) is 34.8 Å². The second-order valence-corrected chi connectivity index (χ2v) is 6.66. The molecule has 0 saturated carbocycles. The maximum atomic E-state index is 11.4. The van der Waals surface area contributed by atoms with Gasteiger partial charge in [0, 0.05) is 0 Å². The standard InChI is InChI=1S/C4H10Cl3N2O2P/c1-8-12(10,9-2)11-3-4(5,6)7/h3H2,1-2H3,(H2,8,9,10). The van der Waals surface area contributed by atoms with Crippen molar-refractivity contribution in [3.63, 3.8) is 0 Å². The number of hydrogen-bond donors (Lipinski definition) is 2. The van der Waals surface area contributed by atoms with Crippen LogP contribution in [0.15, 0.2) is 0 Å². The monoisotopic (exact) mass is 254 g/mol. The topological polar surface area (TPSA) is 50.4 Å². The van der Waals surface area contributed by atoms with Crippen LogP contribution in [0.1, 0.15) is 0 Å². The third kappa shape index (κ3) is 5.60. The first kappa shape index (κ1) is 13.0. The first-order valence-electron chi connectivity index (χ1n) is 3.02. The zero-order valence-electron chi connectivity index (χ0n) is 6.60. The predicted octanol–water partition coefficient (Wildman–Crippen LogP) is 1.92. The minimum absolute atomic E-state index is 0.239. The fourth-order valence-corrected chi connectivity index (χ4v) is 1.65. The van der Waals surface area contributed by atoms with Crippen LogP contribution >= 0.6 is 42.5 Å². The van der Waals surface area contributed by atoms with Crippen LogP contribution < -0.4 is 10.2 Å². The van der Waals surface area contributed by atoms with Crippen LogP contribution in [-0.2, 0) is 9.09 Å². The van der Waals surface area contributed by atoms with Gasteiger partial charge in [0.15, 0.2) is 0 Å². The van der Waals surface area contributed by atoms with Crippen LogP contribution in [0, 0.1) is 0 Å². The summed E-state index contributed by atoms with van der Waals surface area (Å²) in [5, 5.41) is 4.89. The molecule has 0 spiro atoms. The van der Waals surface area contributed by atoms with Crippen molar-refractivity contribution < 1.29 is 9.09 Å². The molecule has 0 aliphatic carbocycles. The molecule has 0 amide bonds. The molecule has 0 heterocycles. The minimum atomic E-state index is -3.03. The largest absolute Gasteiger partial charge is 0.340 e. The molecule has 0 unspecified atom stereocenters. The van der Waals surface area contributed by atoms with Crippen molar-refractivity contribution in [2.24, 2.45) is 0 Å². The first-order valence-corrected chi connectivity index (χ1v) is 5.78. The minimum Gasteiger partial charge on any atom is -0.302 e. The third-order valence-electron chi connectivity index (χ3n) is 0.999. The molecule has 0 atom stereocenters. The van der Waals surface area contributed by atoms with Crippen molar-refractivity contribution in [1.29, 1.82) is 0 Å². The Morgan fingerprint density at radius 2 is 1.75 bits per heavy atom. The van der Waals surface area contributed by atoms with Crippen LogP contribution in [-0.4, -0.2) is 24.5 Å². The second kappa shape index (κ2) is 5.01. The highest BCUT2D eigenvalue weighted by Crippen LogP contribution is 2.39. The lowest BCUT2D eigenvalue weighted by Gasteiger charge is -2.18. The van der Waals surface area contributed by atoms with E-state index in [4.69, 9.17) is 39.3 Å². The van der Waals surface area contributed by atoms with Gasteiger partial charge in [-0.25, -0.2) is 10.2 Å². The third-order valence-corrected chi connectivity index (χ3v) is 3.00. The van der Waals surface area contributed by atoms with Crippen molar-refractivity contribution >= 4 is 42.5 Å². The quantitative estimate of drug-likeness (QED) is 0.595. The lowest BCUT2D eigenvalue weighted by Crippen LogP contribution is -2.22. The van der Waals surface area contributed by atoms with Gasteiger partial charge in [0.1, 0.15) is 6.61 Å². The van der Waals surface area contributed by atoms with Gasteiger partial charge in [0.05, 0.1) is 0 Å². The summed E-state index contributed by atoms with van der Waals surface area (Å²) in [7, 11) is -0.0673. The van der Waals surface area contributed by atoms with Gasteiger partial charge < -0.3 is 4.52 Å². The molecule has 0 aromatic heterocycles. The summed E-state index contributed by atoms with van der Waals surface area (Å²) in [6.45, 7) is -0.239. The Hall–Kier alpha value is 0.980. The lowest BCUT2D eigenvalue weighted by atomic mass is 10.9. The Morgan fingerprint density at radius 1 is 1.33 bits per heavy atom. The fraction of sp³-hybridized carbons (Fsp3) is 1.00. The van der Waals surface area contributed by atoms with Gasteiger partial charge in [0.2, 0.25) is 3.79 Å². The number of nitrogens with one attached hydrogen (secondary N) is 2. The van der Waals surface area contributed by atoms with Gasteiger partial charge in [0.25, 0.3) is 0 Å². The van der Waals surface area contributed by atoms with Gasteiger partial charge in [-0.05, 0) is 14.1 Å². The molecular weight excluding hydrogens is 245 g/mol. The SMILES string of the molecule is CNP(=O)(NC)OCC(Cl)(Cl)Cl. The summed E-state index contributed by atoms with van der Waals surface area (Å²) < 4.78 is 14.7. The Morgan fingerprint density at radius 3 is 2.00 bits per heavy atom. The van der Waals surface area contributed by atoms with Crippen molar-refractivity contribution in [2.45, 2.75) is 3.79 Å². The van der Waals surface area contributed by atoms with Crippen LogP contribution in [0.5, 0.6) is 0 Å². The summed E-state index contributed by atoms with van der Waals surface area (Å²) in [5.74, 6) is 0. The molecule has 0 aromatic carbocycles. The number of alkyl halides is 3. The molecule has 0 radical (unpaired) electrons. The molecule has 4 nitrogen and oxygen atoms in total. The maximum absolute atomic E-state index is 11.4. The number of rotatable bonds is 4. The lowest BCUT2D eigenvalue weighted by molar-refractivity contribution is 0.309. The highest BCUT2D eigenvalue weighted by molar-refractivity contribution is 7.54. The Bertz CT molecular complexity index is 176. The van der Waals surface area contributed by atoms with Crippen molar-refractivity contribution in [2.75, 3.05) is 20.7 Å². The molecule has 12 heavy (non-hydrogen) atoms. The van der Waals surface area contributed by atoms with E-state index < -0.39 is 11.5 Å². The van der Waals surface area contributed by atoms with Gasteiger partial charge in [-0.3, -0.25) is 4.57 Å². The zero-order chi connectivity index (χ0) is 9.83. The van der Waals surface area contributed by atoms with E-state index in [2.05, 4.69) is 10.2 Å². The van der Waals surface area contributed by atoms with Crippen LogP contribution in [0.4, 0.5) is 0 Å². The maximum Gasteiger partial charge on any atom is 0.340 e. The molecule has 0 saturated heterocycles. The zero-order valence-corrected chi connectivity index (χ0v) is 9.77. The summed E-state index contributed by atoms with van der Waals surface area (Å²) in [6.07, 6.45) is 0. The molecule has 0 fully saturated rings.